The Bertz CT molecular complexity index is 503. The summed E-state index contributed by atoms with van der Waals surface area (Å²) in [7, 11) is 0. The van der Waals surface area contributed by atoms with E-state index < -0.39 is 17.4 Å². The topological polar surface area (TPSA) is 69.7 Å². The summed E-state index contributed by atoms with van der Waals surface area (Å²) < 4.78 is 10.0. The minimum Gasteiger partial charge on any atom is -0.465 e. The number of hydrogen-bond donors (Lipinski definition) is 0. The predicted octanol–water partition coefficient (Wildman–Crippen LogP) is 2.78. The van der Waals surface area contributed by atoms with Crippen LogP contribution in [0.25, 0.3) is 0 Å². The summed E-state index contributed by atoms with van der Waals surface area (Å²) in [5.41, 5.74) is -1.13. The molecule has 0 saturated heterocycles. The highest BCUT2D eigenvalue weighted by molar-refractivity contribution is 6.07. The van der Waals surface area contributed by atoms with Gasteiger partial charge in [0.25, 0.3) is 0 Å². The first-order valence-electron chi connectivity index (χ1n) is 7.44. The highest BCUT2D eigenvalue weighted by atomic mass is 16.6. The van der Waals surface area contributed by atoms with Gasteiger partial charge in [-0.25, -0.2) is 0 Å². The van der Waals surface area contributed by atoms with E-state index in [9.17, 15) is 14.4 Å². The number of carbonyl (C=O) groups excluding carboxylic acids is 3. The van der Waals surface area contributed by atoms with Gasteiger partial charge >= 0.3 is 11.9 Å². The van der Waals surface area contributed by atoms with Crippen LogP contribution in [0.3, 0.4) is 0 Å². The summed E-state index contributed by atoms with van der Waals surface area (Å²) in [6.45, 7) is 5.26. The Kier molecular flexibility index (Phi) is 6.76. The van der Waals surface area contributed by atoms with Crippen molar-refractivity contribution in [3.8, 4) is 0 Å². The number of Topliss-reactive ketones (excluding diaryl/α,β-unsaturated/α-hetero) is 1. The molecule has 0 spiro atoms. The molecule has 120 valence electrons. The van der Waals surface area contributed by atoms with Crippen molar-refractivity contribution in [2.24, 2.45) is 5.41 Å². The van der Waals surface area contributed by atoms with Crippen LogP contribution in [0.15, 0.2) is 30.3 Å². The Morgan fingerprint density at radius 2 is 1.41 bits per heavy atom. The molecule has 0 aliphatic heterocycles. The number of benzene rings is 1. The molecule has 0 amide bonds. The van der Waals surface area contributed by atoms with E-state index in [4.69, 9.17) is 9.47 Å². The number of esters is 2. The lowest BCUT2D eigenvalue weighted by molar-refractivity contribution is -0.172. The van der Waals surface area contributed by atoms with Crippen LogP contribution in [0.5, 0.6) is 0 Å². The highest BCUT2D eigenvalue weighted by Crippen LogP contribution is 2.32. The maximum Gasteiger partial charge on any atom is 0.323 e. The zero-order valence-corrected chi connectivity index (χ0v) is 13.3. The van der Waals surface area contributed by atoms with E-state index in [1.54, 1.807) is 51.1 Å². The first-order valence-corrected chi connectivity index (χ1v) is 7.44. The molecule has 5 heteroatoms. The summed E-state index contributed by atoms with van der Waals surface area (Å²) in [5.74, 6) is -1.70. The average molecular weight is 306 g/mol. The number of rotatable bonds is 8. The highest BCUT2D eigenvalue weighted by Gasteiger charge is 2.49. The van der Waals surface area contributed by atoms with Crippen LogP contribution in [0, 0.1) is 5.41 Å². The normalized spacial score (nSPS) is 10.9. The first-order chi connectivity index (χ1) is 10.5. The third-order valence-corrected chi connectivity index (χ3v) is 3.49. The van der Waals surface area contributed by atoms with Gasteiger partial charge in [-0.05, 0) is 20.3 Å². The van der Waals surface area contributed by atoms with Crippen molar-refractivity contribution in [1.29, 1.82) is 0 Å². The van der Waals surface area contributed by atoms with Crippen molar-refractivity contribution in [2.75, 3.05) is 13.2 Å². The second-order valence-corrected chi connectivity index (χ2v) is 4.84. The Labute approximate surface area is 130 Å². The van der Waals surface area contributed by atoms with Gasteiger partial charge in [-0.1, -0.05) is 37.3 Å². The third-order valence-electron chi connectivity index (χ3n) is 3.49. The summed E-state index contributed by atoms with van der Waals surface area (Å²) in [6.07, 6.45) is -0.117. The standard InChI is InChI=1S/C17H22O5/c1-4-17(15(19)21-5-2,16(20)22-6-3)12-14(18)13-10-8-7-9-11-13/h7-11H,4-6,12H2,1-3H3. The molecular weight excluding hydrogens is 284 g/mol. The van der Waals surface area contributed by atoms with Crippen LogP contribution < -0.4 is 0 Å². The van der Waals surface area contributed by atoms with Gasteiger partial charge in [0, 0.05) is 12.0 Å². The van der Waals surface area contributed by atoms with Crippen molar-refractivity contribution in [1.82, 2.24) is 0 Å². The van der Waals surface area contributed by atoms with E-state index in [1.807, 2.05) is 0 Å². The van der Waals surface area contributed by atoms with Gasteiger partial charge in [0.05, 0.1) is 13.2 Å². The molecular formula is C17H22O5. The quantitative estimate of drug-likeness (QED) is 0.419. The molecule has 0 N–H and O–H groups in total. The van der Waals surface area contributed by atoms with E-state index >= 15 is 0 Å². The number of ketones is 1. The van der Waals surface area contributed by atoms with Gasteiger partial charge in [0.2, 0.25) is 0 Å². The summed E-state index contributed by atoms with van der Waals surface area (Å²) in [6, 6.07) is 8.56. The van der Waals surface area contributed by atoms with E-state index in [2.05, 4.69) is 0 Å². The lowest BCUT2D eigenvalue weighted by Gasteiger charge is -2.27. The van der Waals surface area contributed by atoms with Gasteiger partial charge in [-0.3, -0.25) is 14.4 Å². The Morgan fingerprint density at radius 1 is 0.909 bits per heavy atom. The molecule has 5 nitrogen and oxygen atoms in total. The number of carbonyl (C=O) groups is 3. The molecule has 22 heavy (non-hydrogen) atoms. The summed E-state index contributed by atoms with van der Waals surface area (Å²) in [5, 5.41) is 0. The largest absolute Gasteiger partial charge is 0.465 e. The Morgan fingerprint density at radius 3 is 1.82 bits per heavy atom. The molecule has 0 aliphatic rings. The van der Waals surface area contributed by atoms with Crippen LogP contribution in [0.1, 0.15) is 44.0 Å². The van der Waals surface area contributed by atoms with Gasteiger partial charge in [-0.2, -0.15) is 0 Å². The first kappa shape index (κ1) is 17.9. The molecule has 1 aromatic rings. The van der Waals surface area contributed by atoms with Crippen LogP contribution in [-0.4, -0.2) is 30.9 Å². The summed E-state index contributed by atoms with van der Waals surface area (Å²) in [4.78, 5) is 37.0. The van der Waals surface area contributed by atoms with Crippen molar-refractivity contribution in [2.45, 2.75) is 33.6 Å². The van der Waals surface area contributed by atoms with Crippen LogP contribution in [-0.2, 0) is 19.1 Å². The smallest absolute Gasteiger partial charge is 0.323 e. The lowest BCUT2D eigenvalue weighted by Crippen LogP contribution is -2.43. The molecule has 1 aromatic carbocycles. The second kappa shape index (κ2) is 8.32. The molecule has 1 rings (SSSR count). The van der Waals surface area contributed by atoms with Crippen LogP contribution in [0.2, 0.25) is 0 Å². The molecule has 0 aliphatic carbocycles. The monoisotopic (exact) mass is 306 g/mol. The zero-order valence-electron chi connectivity index (χ0n) is 13.3. The minimum absolute atomic E-state index is 0.138. The zero-order chi connectivity index (χ0) is 16.6. The number of ether oxygens (including phenoxy) is 2. The van der Waals surface area contributed by atoms with Gasteiger partial charge in [-0.15, -0.1) is 0 Å². The van der Waals surface area contributed by atoms with E-state index in [0.29, 0.717) is 5.56 Å². The third kappa shape index (κ3) is 3.93. The Hall–Kier alpha value is -2.17. The van der Waals surface area contributed by atoms with E-state index in [-0.39, 0.29) is 31.8 Å². The van der Waals surface area contributed by atoms with Crippen molar-refractivity contribution in [3.05, 3.63) is 35.9 Å². The molecule has 0 unspecified atom stereocenters. The second-order valence-electron chi connectivity index (χ2n) is 4.84. The van der Waals surface area contributed by atoms with Gasteiger partial charge in [0.1, 0.15) is 0 Å². The molecule has 0 saturated carbocycles. The molecule has 0 bridgehead atoms. The fraction of sp³-hybridized carbons (Fsp3) is 0.471. The maximum absolute atomic E-state index is 12.4. The Balaban J connectivity index is 3.11. The van der Waals surface area contributed by atoms with E-state index in [0.717, 1.165) is 0 Å². The van der Waals surface area contributed by atoms with Gasteiger partial charge < -0.3 is 9.47 Å². The fourth-order valence-electron chi connectivity index (χ4n) is 2.18. The molecule has 0 atom stereocenters. The van der Waals surface area contributed by atoms with Gasteiger partial charge in [0.15, 0.2) is 11.2 Å². The molecule has 0 fully saturated rings. The summed E-state index contributed by atoms with van der Waals surface area (Å²) >= 11 is 0. The number of hydrogen-bond acceptors (Lipinski definition) is 5. The van der Waals surface area contributed by atoms with Crippen molar-refractivity contribution in [3.63, 3.8) is 0 Å². The molecule has 0 heterocycles. The van der Waals surface area contributed by atoms with E-state index in [1.165, 1.54) is 0 Å². The SMILES string of the molecule is CCOC(=O)C(CC)(CC(=O)c1ccccc1)C(=O)OCC. The fourth-order valence-corrected chi connectivity index (χ4v) is 2.18. The van der Waals surface area contributed by atoms with Crippen molar-refractivity contribution >= 4 is 17.7 Å². The predicted molar refractivity (Wildman–Crippen MR) is 81.4 cm³/mol. The lowest BCUT2D eigenvalue weighted by atomic mass is 9.79. The average Bonchev–Trinajstić information content (AvgIpc) is 2.53. The van der Waals surface area contributed by atoms with Crippen LogP contribution in [0.4, 0.5) is 0 Å². The molecule has 0 aromatic heterocycles. The van der Waals surface area contributed by atoms with Crippen molar-refractivity contribution < 1.29 is 23.9 Å². The minimum atomic E-state index is -1.58. The maximum atomic E-state index is 12.4. The van der Waals surface area contributed by atoms with Crippen LogP contribution >= 0.6 is 0 Å². The molecule has 0 radical (unpaired) electrons.